The molecule has 7 heteroatoms. The summed E-state index contributed by atoms with van der Waals surface area (Å²) in [5.41, 5.74) is 5.06. The van der Waals surface area contributed by atoms with E-state index in [0.29, 0.717) is 0 Å². The van der Waals surface area contributed by atoms with Crippen molar-refractivity contribution in [3.63, 3.8) is 0 Å². The van der Waals surface area contributed by atoms with E-state index in [-0.39, 0.29) is 28.7 Å². The first-order valence-electron chi connectivity index (χ1n) is 5.02. The van der Waals surface area contributed by atoms with E-state index in [1.807, 2.05) is 0 Å². The summed E-state index contributed by atoms with van der Waals surface area (Å²) in [5, 5.41) is -0.225. The summed E-state index contributed by atoms with van der Waals surface area (Å²) in [4.78, 5) is -0.250. The molecular weight excluding hydrogens is 279 g/mol. The van der Waals surface area contributed by atoms with Crippen LogP contribution in [0.3, 0.4) is 0 Å². The van der Waals surface area contributed by atoms with Gasteiger partial charge in [-0.15, -0.1) is 6.42 Å². The number of benzene rings is 1. The van der Waals surface area contributed by atoms with E-state index in [0.717, 1.165) is 16.4 Å². The lowest BCUT2D eigenvalue weighted by atomic mass is 10.3. The highest BCUT2D eigenvalue weighted by Crippen LogP contribution is 2.28. The Morgan fingerprint density at radius 2 is 2.17 bits per heavy atom. The number of nitrogens with zero attached hydrogens (tertiary/aromatic N) is 1. The van der Waals surface area contributed by atoms with Crippen LogP contribution in [0.15, 0.2) is 17.0 Å². The Morgan fingerprint density at radius 1 is 1.56 bits per heavy atom. The van der Waals surface area contributed by atoms with E-state index < -0.39 is 15.8 Å². The van der Waals surface area contributed by atoms with E-state index in [4.69, 9.17) is 23.8 Å². The molecular formula is C11H12ClFN2O2S. The fourth-order valence-electron chi connectivity index (χ4n) is 1.35. The van der Waals surface area contributed by atoms with Crippen LogP contribution in [0.5, 0.6) is 0 Å². The van der Waals surface area contributed by atoms with Gasteiger partial charge in [-0.05, 0) is 12.1 Å². The van der Waals surface area contributed by atoms with E-state index in [9.17, 15) is 12.8 Å². The average molecular weight is 291 g/mol. The van der Waals surface area contributed by atoms with Crippen molar-refractivity contribution in [2.75, 3.05) is 18.8 Å². The highest BCUT2D eigenvalue weighted by atomic mass is 35.5. The summed E-state index contributed by atoms with van der Waals surface area (Å²) >= 11 is 5.73. The number of nitrogens with two attached hydrogens (primary N) is 1. The molecule has 0 saturated carbocycles. The molecule has 18 heavy (non-hydrogen) atoms. The van der Waals surface area contributed by atoms with Gasteiger partial charge >= 0.3 is 0 Å². The van der Waals surface area contributed by atoms with Gasteiger partial charge in [0.1, 0.15) is 10.7 Å². The number of nitrogen functional groups attached to an aromatic ring is 1. The normalized spacial score (nSPS) is 11.5. The molecule has 0 aliphatic rings. The lowest BCUT2D eigenvalue weighted by Crippen LogP contribution is -2.31. The van der Waals surface area contributed by atoms with Crippen molar-refractivity contribution in [1.82, 2.24) is 4.31 Å². The fourth-order valence-corrected chi connectivity index (χ4v) is 3.24. The van der Waals surface area contributed by atoms with Crippen molar-refractivity contribution in [2.45, 2.75) is 11.8 Å². The van der Waals surface area contributed by atoms with Crippen LogP contribution in [0.2, 0.25) is 5.02 Å². The maximum absolute atomic E-state index is 13.1. The summed E-state index contributed by atoms with van der Waals surface area (Å²) < 4.78 is 38.6. The summed E-state index contributed by atoms with van der Waals surface area (Å²) in [5.74, 6) is 1.47. The van der Waals surface area contributed by atoms with Crippen molar-refractivity contribution >= 4 is 27.3 Å². The topological polar surface area (TPSA) is 63.4 Å². The molecule has 0 aliphatic heterocycles. The van der Waals surface area contributed by atoms with E-state index in [1.54, 1.807) is 6.92 Å². The predicted octanol–water partition coefficient (Wildman–Crippen LogP) is 1.71. The molecule has 0 atom stereocenters. The molecule has 0 fully saturated rings. The second-order valence-electron chi connectivity index (χ2n) is 3.44. The van der Waals surface area contributed by atoms with Crippen LogP contribution in [-0.2, 0) is 10.0 Å². The van der Waals surface area contributed by atoms with E-state index in [2.05, 4.69) is 5.92 Å². The van der Waals surface area contributed by atoms with Gasteiger partial charge in [0, 0.05) is 6.54 Å². The molecule has 0 radical (unpaired) electrons. The van der Waals surface area contributed by atoms with Crippen LogP contribution in [0.25, 0.3) is 0 Å². The standard InChI is InChI=1S/C11H12ClFN2O2S/c1-3-5-15(4-2)18(16,17)11-7-10(14)9(13)6-8(11)12/h1,6-7H,4-5,14H2,2H3. The van der Waals surface area contributed by atoms with Gasteiger partial charge in [-0.25, -0.2) is 12.8 Å². The lowest BCUT2D eigenvalue weighted by molar-refractivity contribution is 0.464. The monoisotopic (exact) mass is 290 g/mol. The van der Waals surface area contributed by atoms with Crippen LogP contribution in [0.4, 0.5) is 10.1 Å². The maximum Gasteiger partial charge on any atom is 0.245 e. The van der Waals surface area contributed by atoms with Gasteiger partial charge in [-0.3, -0.25) is 0 Å². The SMILES string of the molecule is C#CCN(CC)S(=O)(=O)c1cc(N)c(F)cc1Cl. The molecule has 0 aliphatic carbocycles. The van der Waals surface area contributed by atoms with Crippen molar-refractivity contribution in [3.8, 4) is 12.3 Å². The summed E-state index contributed by atoms with van der Waals surface area (Å²) in [6.45, 7) is 1.72. The van der Waals surface area contributed by atoms with E-state index >= 15 is 0 Å². The van der Waals surface area contributed by atoms with Crippen LogP contribution in [-0.4, -0.2) is 25.8 Å². The van der Waals surface area contributed by atoms with Crippen molar-refractivity contribution in [3.05, 3.63) is 23.0 Å². The Hall–Kier alpha value is -1.29. The second kappa shape index (κ2) is 5.57. The highest BCUT2D eigenvalue weighted by molar-refractivity contribution is 7.89. The maximum atomic E-state index is 13.1. The first-order valence-corrected chi connectivity index (χ1v) is 6.84. The predicted molar refractivity (Wildman–Crippen MR) is 69.1 cm³/mol. The first kappa shape index (κ1) is 14.8. The zero-order valence-corrected chi connectivity index (χ0v) is 11.2. The molecule has 0 aromatic heterocycles. The third-order valence-electron chi connectivity index (χ3n) is 2.29. The van der Waals surface area contributed by atoms with Gasteiger partial charge in [0.15, 0.2) is 0 Å². The minimum Gasteiger partial charge on any atom is -0.396 e. The summed E-state index contributed by atoms with van der Waals surface area (Å²) in [7, 11) is -3.87. The molecule has 1 aromatic carbocycles. The average Bonchev–Trinajstić information content (AvgIpc) is 2.30. The number of hydrogen-bond donors (Lipinski definition) is 1. The number of rotatable bonds is 4. The molecule has 0 spiro atoms. The largest absolute Gasteiger partial charge is 0.396 e. The van der Waals surface area contributed by atoms with Crippen LogP contribution < -0.4 is 5.73 Å². The second-order valence-corrected chi connectivity index (χ2v) is 5.75. The van der Waals surface area contributed by atoms with Gasteiger partial charge in [-0.2, -0.15) is 4.31 Å². The third-order valence-corrected chi connectivity index (χ3v) is 4.67. The first-order chi connectivity index (χ1) is 8.34. The molecule has 0 heterocycles. The molecule has 0 bridgehead atoms. The Balaban J connectivity index is 3.37. The number of terminal acetylenes is 1. The highest BCUT2D eigenvalue weighted by Gasteiger charge is 2.26. The van der Waals surface area contributed by atoms with E-state index in [1.165, 1.54) is 0 Å². The smallest absolute Gasteiger partial charge is 0.245 e. The molecule has 98 valence electrons. The number of hydrogen-bond acceptors (Lipinski definition) is 3. The molecule has 0 saturated heterocycles. The van der Waals surface area contributed by atoms with Gasteiger partial charge in [-0.1, -0.05) is 24.4 Å². The minimum atomic E-state index is -3.87. The minimum absolute atomic E-state index is 0.0908. The Bertz CT molecular complexity index is 596. The number of sulfonamides is 1. The molecule has 1 rings (SSSR count). The van der Waals surface area contributed by atoms with Gasteiger partial charge < -0.3 is 5.73 Å². The lowest BCUT2D eigenvalue weighted by Gasteiger charge is -2.19. The third kappa shape index (κ3) is 2.75. The summed E-state index contributed by atoms with van der Waals surface area (Å²) in [6.07, 6.45) is 5.10. The van der Waals surface area contributed by atoms with Gasteiger partial charge in [0.25, 0.3) is 0 Å². The van der Waals surface area contributed by atoms with Crippen molar-refractivity contribution in [1.29, 1.82) is 0 Å². The Kier molecular flexibility index (Phi) is 4.57. The fraction of sp³-hybridized carbons (Fsp3) is 0.273. The zero-order chi connectivity index (χ0) is 13.9. The van der Waals surface area contributed by atoms with Gasteiger partial charge in [0.2, 0.25) is 10.0 Å². The molecule has 4 nitrogen and oxygen atoms in total. The Morgan fingerprint density at radius 3 is 2.67 bits per heavy atom. The van der Waals surface area contributed by atoms with Crippen LogP contribution in [0, 0.1) is 18.2 Å². The van der Waals surface area contributed by atoms with Crippen LogP contribution in [0.1, 0.15) is 6.92 Å². The summed E-state index contributed by atoms with van der Waals surface area (Å²) in [6, 6.07) is 1.86. The molecule has 0 unspecified atom stereocenters. The van der Waals surface area contributed by atoms with Crippen molar-refractivity contribution < 1.29 is 12.8 Å². The Labute approximate surface area is 111 Å². The quantitative estimate of drug-likeness (QED) is 0.678. The molecule has 1 aromatic rings. The van der Waals surface area contributed by atoms with Crippen molar-refractivity contribution in [2.24, 2.45) is 0 Å². The molecule has 0 amide bonds. The number of halogens is 2. The number of anilines is 1. The molecule has 2 N–H and O–H groups in total. The van der Waals surface area contributed by atoms with Gasteiger partial charge in [0.05, 0.1) is 17.3 Å². The van der Waals surface area contributed by atoms with Crippen LogP contribution >= 0.6 is 11.6 Å². The zero-order valence-electron chi connectivity index (χ0n) is 9.65.